The number of carbonyl (C=O) groups excluding carboxylic acids is 1. The van der Waals surface area contributed by atoms with Gasteiger partial charge in [-0.3, -0.25) is 4.79 Å². The fourth-order valence-corrected chi connectivity index (χ4v) is 4.43. The molecule has 1 amide bonds. The van der Waals surface area contributed by atoms with Gasteiger partial charge in [0, 0.05) is 23.4 Å². The molecule has 0 radical (unpaired) electrons. The Morgan fingerprint density at radius 1 is 1.21 bits per heavy atom. The second kappa shape index (κ2) is 8.52. The highest BCUT2D eigenvalue weighted by molar-refractivity contribution is 7.99. The van der Waals surface area contributed by atoms with Gasteiger partial charge in [0.2, 0.25) is 18.6 Å². The van der Waals surface area contributed by atoms with Crippen LogP contribution in [0.1, 0.15) is 20.8 Å². The van der Waals surface area contributed by atoms with Gasteiger partial charge in [0.1, 0.15) is 12.6 Å². The monoisotopic (exact) mass is 481 g/mol. The Hall–Kier alpha value is -3.80. The molecule has 3 aromatic heterocycles. The third-order valence-corrected chi connectivity index (χ3v) is 6.22. The Kier molecular flexibility index (Phi) is 5.52. The molecule has 0 bridgehead atoms. The van der Waals surface area contributed by atoms with E-state index in [0.29, 0.717) is 46.8 Å². The van der Waals surface area contributed by atoms with Crippen LogP contribution in [-0.2, 0) is 11.3 Å². The minimum absolute atomic E-state index is 0.0396. The smallest absolute Gasteiger partial charge is 0.231 e. The molecule has 0 atom stereocenters. The Morgan fingerprint density at radius 3 is 2.74 bits per heavy atom. The van der Waals surface area contributed by atoms with Gasteiger partial charge in [-0.1, -0.05) is 32.5 Å². The zero-order valence-electron chi connectivity index (χ0n) is 18.9. The predicted octanol–water partition coefficient (Wildman–Crippen LogP) is 3.11. The number of aromatic nitrogens is 5. The number of oxazole rings is 1. The number of rotatable bonds is 6. The zero-order chi connectivity index (χ0) is 23.9. The summed E-state index contributed by atoms with van der Waals surface area (Å²) in [7, 11) is 0. The molecule has 12 heteroatoms. The van der Waals surface area contributed by atoms with E-state index in [1.807, 2.05) is 37.5 Å². The zero-order valence-corrected chi connectivity index (χ0v) is 19.7. The fourth-order valence-electron chi connectivity index (χ4n) is 3.39. The maximum absolute atomic E-state index is 12.3. The predicted molar refractivity (Wildman–Crippen MR) is 124 cm³/mol. The molecule has 0 saturated heterocycles. The van der Waals surface area contributed by atoms with Crippen molar-refractivity contribution < 1.29 is 18.7 Å². The molecule has 4 heterocycles. The van der Waals surface area contributed by atoms with Gasteiger partial charge < -0.3 is 29.5 Å². The van der Waals surface area contributed by atoms with Crippen LogP contribution < -0.4 is 20.5 Å². The molecule has 1 aromatic carbocycles. The molecule has 1 aliphatic heterocycles. The highest BCUT2D eigenvalue weighted by Crippen LogP contribution is 2.44. The number of nitrogens with two attached hydrogens (primary N) is 1. The van der Waals surface area contributed by atoms with Crippen molar-refractivity contribution in [2.24, 2.45) is 5.41 Å². The van der Waals surface area contributed by atoms with Crippen molar-refractivity contribution in [1.82, 2.24) is 29.8 Å². The number of amides is 1. The number of nitrogens with zero attached hydrogens (tertiary/aromatic N) is 5. The van der Waals surface area contributed by atoms with E-state index < -0.39 is 5.41 Å². The number of imidazole rings is 1. The Morgan fingerprint density at radius 2 is 2.00 bits per heavy atom. The highest BCUT2D eigenvalue weighted by atomic mass is 32.2. The quantitative estimate of drug-likeness (QED) is 0.421. The maximum Gasteiger partial charge on any atom is 0.231 e. The minimum Gasteiger partial charge on any atom is -0.454 e. The lowest BCUT2D eigenvalue weighted by Gasteiger charge is -2.18. The molecule has 176 valence electrons. The van der Waals surface area contributed by atoms with Gasteiger partial charge in [-0.2, -0.15) is 0 Å². The Balaban J connectivity index is 1.53. The summed E-state index contributed by atoms with van der Waals surface area (Å²) in [6.45, 7) is 6.59. The van der Waals surface area contributed by atoms with E-state index in [1.165, 1.54) is 24.4 Å². The number of fused-ring (bicyclic) bond motifs is 2. The molecule has 11 nitrogen and oxygen atoms in total. The maximum atomic E-state index is 12.3. The molecule has 0 unspecified atom stereocenters. The van der Waals surface area contributed by atoms with Crippen LogP contribution in [0.15, 0.2) is 45.4 Å². The third-order valence-electron chi connectivity index (χ3n) is 5.17. The van der Waals surface area contributed by atoms with E-state index in [0.717, 1.165) is 10.5 Å². The van der Waals surface area contributed by atoms with Gasteiger partial charge in [-0.05, 0) is 12.1 Å². The molecule has 5 rings (SSSR count). The summed E-state index contributed by atoms with van der Waals surface area (Å²) in [6, 6.07) is 3.70. The number of benzene rings is 1. The first-order valence-electron chi connectivity index (χ1n) is 10.6. The number of hydrogen-bond acceptors (Lipinski definition) is 10. The number of ether oxygens (including phenoxy) is 2. The van der Waals surface area contributed by atoms with Gasteiger partial charge >= 0.3 is 0 Å². The molecule has 0 aliphatic carbocycles. The standard InChI is InChI=1S/C22H23N7O4S/c1-22(2,3)20(30)25-4-6-29-18-16(17(23)26-10-27-18)28-21(29)34-15-9-14-13(32-11-33-14)8-12(15)19-24-5-7-31-19/h5,7-10H,4,6,11H2,1-3H3,(H,25,30)(H2,23,26,27). The van der Waals surface area contributed by atoms with Crippen LogP contribution in [0.5, 0.6) is 11.5 Å². The topological polar surface area (TPSA) is 143 Å². The summed E-state index contributed by atoms with van der Waals surface area (Å²) < 4.78 is 18.6. The van der Waals surface area contributed by atoms with Gasteiger partial charge in [0.15, 0.2) is 33.6 Å². The number of nitrogens with one attached hydrogen (secondary N) is 1. The Bertz CT molecular complexity index is 1360. The first-order valence-corrected chi connectivity index (χ1v) is 11.4. The number of carbonyl (C=O) groups is 1. The SMILES string of the molecule is CC(C)(C)C(=O)NCCn1c(Sc2cc3c(cc2-c2ncco2)OCO3)nc2c(N)ncnc21. The van der Waals surface area contributed by atoms with Gasteiger partial charge in [0.25, 0.3) is 0 Å². The van der Waals surface area contributed by atoms with Crippen molar-refractivity contribution in [3.63, 3.8) is 0 Å². The molecule has 0 fully saturated rings. The molecule has 4 aromatic rings. The van der Waals surface area contributed by atoms with Crippen LogP contribution in [-0.4, -0.2) is 43.7 Å². The first kappa shape index (κ1) is 22.0. The highest BCUT2D eigenvalue weighted by Gasteiger charge is 2.24. The number of anilines is 1. The van der Waals surface area contributed by atoms with Crippen LogP contribution in [0.4, 0.5) is 5.82 Å². The van der Waals surface area contributed by atoms with Gasteiger partial charge in [0.05, 0.1) is 11.8 Å². The molecule has 0 saturated carbocycles. The van der Waals surface area contributed by atoms with Crippen LogP contribution in [0.25, 0.3) is 22.6 Å². The summed E-state index contributed by atoms with van der Waals surface area (Å²) in [5.41, 5.74) is 7.40. The lowest BCUT2D eigenvalue weighted by Crippen LogP contribution is -2.36. The average Bonchev–Trinajstić information content (AvgIpc) is 3.53. The van der Waals surface area contributed by atoms with Crippen molar-refractivity contribution in [1.29, 1.82) is 0 Å². The van der Waals surface area contributed by atoms with E-state index in [9.17, 15) is 4.79 Å². The summed E-state index contributed by atoms with van der Waals surface area (Å²) in [4.78, 5) is 30.6. The van der Waals surface area contributed by atoms with E-state index in [2.05, 4.69) is 20.3 Å². The summed E-state index contributed by atoms with van der Waals surface area (Å²) in [5.74, 6) is 1.92. The Labute approximate surface area is 199 Å². The third kappa shape index (κ3) is 4.12. The van der Waals surface area contributed by atoms with Crippen molar-refractivity contribution in [2.75, 3.05) is 19.1 Å². The second-order valence-corrected chi connectivity index (χ2v) is 9.63. The lowest BCUT2D eigenvalue weighted by atomic mass is 9.96. The largest absolute Gasteiger partial charge is 0.454 e. The fraction of sp³-hybridized carbons (Fsp3) is 0.318. The van der Waals surface area contributed by atoms with Crippen molar-refractivity contribution in [3.8, 4) is 23.0 Å². The van der Waals surface area contributed by atoms with E-state index in [-0.39, 0.29) is 18.5 Å². The molecular formula is C22H23N7O4S. The van der Waals surface area contributed by atoms with Crippen LogP contribution in [0, 0.1) is 5.41 Å². The molecule has 34 heavy (non-hydrogen) atoms. The molecule has 1 aliphatic rings. The van der Waals surface area contributed by atoms with Gasteiger partial charge in [-0.15, -0.1) is 0 Å². The number of nitrogen functional groups attached to an aromatic ring is 1. The summed E-state index contributed by atoms with van der Waals surface area (Å²) in [6.07, 6.45) is 4.49. The number of hydrogen-bond donors (Lipinski definition) is 2. The average molecular weight is 482 g/mol. The van der Waals surface area contributed by atoms with Crippen LogP contribution >= 0.6 is 11.8 Å². The van der Waals surface area contributed by atoms with E-state index >= 15 is 0 Å². The van der Waals surface area contributed by atoms with Crippen LogP contribution in [0.2, 0.25) is 0 Å². The normalized spacial score (nSPS) is 12.9. The second-order valence-electron chi connectivity index (χ2n) is 8.62. The summed E-state index contributed by atoms with van der Waals surface area (Å²) >= 11 is 1.38. The lowest BCUT2D eigenvalue weighted by molar-refractivity contribution is -0.128. The van der Waals surface area contributed by atoms with Gasteiger partial charge in [-0.25, -0.2) is 19.9 Å². The van der Waals surface area contributed by atoms with E-state index in [1.54, 1.807) is 6.20 Å². The van der Waals surface area contributed by atoms with E-state index in [4.69, 9.17) is 24.6 Å². The van der Waals surface area contributed by atoms with Crippen molar-refractivity contribution in [2.45, 2.75) is 37.4 Å². The minimum atomic E-state index is -0.487. The van der Waals surface area contributed by atoms with Crippen LogP contribution in [0.3, 0.4) is 0 Å². The molecule has 3 N–H and O–H groups in total. The van der Waals surface area contributed by atoms with Crippen molar-refractivity contribution in [3.05, 3.63) is 30.9 Å². The molecular weight excluding hydrogens is 458 g/mol. The molecule has 0 spiro atoms. The summed E-state index contributed by atoms with van der Waals surface area (Å²) in [5, 5.41) is 3.59. The first-order chi connectivity index (χ1) is 16.3. The van der Waals surface area contributed by atoms with Crippen molar-refractivity contribution >= 4 is 34.7 Å².